The minimum absolute atomic E-state index is 0.105. The minimum Gasteiger partial charge on any atom is -0.409 e. The lowest BCUT2D eigenvalue weighted by Crippen LogP contribution is -2.19. The first kappa shape index (κ1) is 14.5. The average Bonchev–Trinajstić information content (AvgIpc) is 2.96. The van der Waals surface area contributed by atoms with Crippen LogP contribution in [0.3, 0.4) is 0 Å². The molecule has 1 amide bonds. The largest absolute Gasteiger partial charge is 0.409 e. The Hall–Kier alpha value is -2.87. The summed E-state index contributed by atoms with van der Waals surface area (Å²) in [7, 11) is 1.51. The van der Waals surface area contributed by atoms with Crippen LogP contribution in [0.1, 0.15) is 21.8 Å². The Morgan fingerprint density at radius 3 is 3.00 bits per heavy atom. The number of amidine groups is 1. The molecule has 21 heavy (non-hydrogen) atoms. The van der Waals surface area contributed by atoms with E-state index in [0.717, 1.165) is 0 Å². The summed E-state index contributed by atoms with van der Waals surface area (Å²) in [6.07, 6.45) is 0. The van der Waals surface area contributed by atoms with Crippen LogP contribution in [0.5, 0.6) is 0 Å². The molecule has 0 aliphatic rings. The summed E-state index contributed by atoms with van der Waals surface area (Å²) in [5.74, 6) is -0.141. The van der Waals surface area contributed by atoms with Crippen molar-refractivity contribution in [1.29, 1.82) is 0 Å². The number of para-hydroxylation sites is 1. The fourth-order valence-electron chi connectivity index (χ4n) is 1.69. The fraction of sp³-hybridized carbons (Fsp3) is 0.154. The van der Waals surface area contributed by atoms with Gasteiger partial charge in [0.25, 0.3) is 5.91 Å². The summed E-state index contributed by atoms with van der Waals surface area (Å²) < 4.78 is 9.82. The van der Waals surface area contributed by atoms with Crippen LogP contribution in [-0.2, 0) is 11.3 Å². The Kier molecular flexibility index (Phi) is 4.52. The molecule has 1 aromatic heterocycles. The molecule has 0 atom stereocenters. The van der Waals surface area contributed by atoms with Crippen molar-refractivity contribution in [3.05, 3.63) is 47.3 Å². The first-order valence-corrected chi connectivity index (χ1v) is 5.98. The Morgan fingerprint density at radius 1 is 1.52 bits per heavy atom. The van der Waals surface area contributed by atoms with Gasteiger partial charge in [0.1, 0.15) is 6.61 Å². The van der Waals surface area contributed by atoms with Crippen molar-refractivity contribution < 1.29 is 19.3 Å². The summed E-state index contributed by atoms with van der Waals surface area (Å²) in [4.78, 5) is 12.1. The average molecular weight is 290 g/mol. The molecule has 8 nitrogen and oxygen atoms in total. The summed E-state index contributed by atoms with van der Waals surface area (Å²) in [6.45, 7) is 0.223. The first-order valence-electron chi connectivity index (χ1n) is 5.98. The maximum absolute atomic E-state index is 12.1. The Labute approximate surface area is 120 Å². The van der Waals surface area contributed by atoms with E-state index in [1.165, 1.54) is 13.2 Å². The highest BCUT2D eigenvalue weighted by molar-refractivity contribution is 6.09. The van der Waals surface area contributed by atoms with Crippen LogP contribution in [-0.4, -0.2) is 29.2 Å². The second-order valence-electron chi connectivity index (χ2n) is 4.10. The van der Waals surface area contributed by atoms with Crippen LogP contribution in [0.2, 0.25) is 0 Å². The van der Waals surface area contributed by atoms with Crippen molar-refractivity contribution in [2.75, 3.05) is 12.4 Å². The zero-order chi connectivity index (χ0) is 15.2. The highest BCUT2D eigenvalue weighted by atomic mass is 16.5. The van der Waals surface area contributed by atoms with Gasteiger partial charge in [-0.3, -0.25) is 4.79 Å². The lowest BCUT2D eigenvalue weighted by Gasteiger charge is -2.08. The van der Waals surface area contributed by atoms with Crippen LogP contribution in [0.15, 0.2) is 40.0 Å². The van der Waals surface area contributed by atoms with E-state index < -0.39 is 5.91 Å². The monoisotopic (exact) mass is 290 g/mol. The Bertz CT molecular complexity index is 666. The molecule has 0 aliphatic carbocycles. The number of hydrogen-bond donors (Lipinski definition) is 3. The second-order valence-corrected chi connectivity index (χ2v) is 4.10. The molecule has 0 radical (unpaired) electrons. The number of amides is 1. The van der Waals surface area contributed by atoms with Gasteiger partial charge < -0.3 is 25.5 Å². The third-order valence-electron chi connectivity index (χ3n) is 2.64. The van der Waals surface area contributed by atoms with Crippen molar-refractivity contribution in [3.63, 3.8) is 0 Å². The molecule has 8 heteroatoms. The van der Waals surface area contributed by atoms with Crippen LogP contribution in [0.25, 0.3) is 0 Å². The van der Waals surface area contributed by atoms with Crippen molar-refractivity contribution in [1.82, 2.24) is 5.16 Å². The minimum atomic E-state index is -0.473. The van der Waals surface area contributed by atoms with Crippen molar-refractivity contribution in [2.45, 2.75) is 6.61 Å². The van der Waals surface area contributed by atoms with Gasteiger partial charge in [-0.1, -0.05) is 22.4 Å². The predicted molar refractivity (Wildman–Crippen MR) is 74.1 cm³/mol. The standard InChI is InChI=1S/C13H14N4O4/c1-20-7-8-6-11(17-21-8)13(18)15-10-5-3-2-4-9(10)12(14)16-19/h2-6,19H,7H2,1H3,(H2,14,16)(H,15,18). The molecule has 0 saturated heterocycles. The zero-order valence-corrected chi connectivity index (χ0v) is 11.2. The molecule has 0 saturated carbocycles. The number of aromatic nitrogens is 1. The number of hydrogen-bond acceptors (Lipinski definition) is 6. The number of benzene rings is 1. The number of ether oxygens (including phenoxy) is 1. The number of nitrogens with one attached hydrogen (secondary N) is 1. The topological polar surface area (TPSA) is 123 Å². The summed E-state index contributed by atoms with van der Waals surface area (Å²) in [5, 5.41) is 17.9. The van der Waals surface area contributed by atoms with Crippen LogP contribution >= 0.6 is 0 Å². The van der Waals surface area contributed by atoms with Crippen molar-refractivity contribution in [2.24, 2.45) is 10.9 Å². The van der Waals surface area contributed by atoms with E-state index in [1.54, 1.807) is 24.3 Å². The lowest BCUT2D eigenvalue weighted by molar-refractivity contribution is 0.101. The van der Waals surface area contributed by atoms with E-state index in [1.807, 2.05) is 0 Å². The smallest absolute Gasteiger partial charge is 0.277 e. The second kappa shape index (κ2) is 6.53. The highest BCUT2D eigenvalue weighted by Gasteiger charge is 2.15. The molecule has 0 spiro atoms. The number of anilines is 1. The number of nitrogens with zero attached hydrogens (tertiary/aromatic N) is 2. The SMILES string of the molecule is COCc1cc(C(=O)Nc2ccccc2C(N)=NO)no1. The molecule has 1 heterocycles. The number of carbonyl (C=O) groups excluding carboxylic acids is 1. The molecular weight excluding hydrogens is 276 g/mol. The van der Waals surface area contributed by atoms with Gasteiger partial charge >= 0.3 is 0 Å². The van der Waals surface area contributed by atoms with Gasteiger partial charge in [-0.25, -0.2) is 0 Å². The number of carbonyl (C=O) groups is 1. The van der Waals surface area contributed by atoms with Gasteiger partial charge in [0.15, 0.2) is 17.3 Å². The van der Waals surface area contributed by atoms with E-state index in [-0.39, 0.29) is 18.1 Å². The van der Waals surface area contributed by atoms with Gasteiger partial charge in [0.2, 0.25) is 0 Å². The van der Waals surface area contributed by atoms with E-state index >= 15 is 0 Å². The van der Waals surface area contributed by atoms with Crippen LogP contribution in [0.4, 0.5) is 5.69 Å². The van der Waals surface area contributed by atoms with Gasteiger partial charge in [-0.2, -0.15) is 0 Å². The Morgan fingerprint density at radius 2 is 2.29 bits per heavy atom. The van der Waals surface area contributed by atoms with E-state index in [0.29, 0.717) is 17.0 Å². The van der Waals surface area contributed by atoms with Crippen molar-refractivity contribution in [3.8, 4) is 0 Å². The quantitative estimate of drug-likeness (QED) is 0.329. The number of oxime groups is 1. The molecule has 0 aliphatic heterocycles. The molecule has 2 aromatic rings. The molecule has 110 valence electrons. The molecule has 2 rings (SSSR count). The molecule has 0 fully saturated rings. The summed E-state index contributed by atoms with van der Waals surface area (Å²) >= 11 is 0. The van der Waals surface area contributed by atoms with Gasteiger partial charge in [0.05, 0.1) is 5.69 Å². The van der Waals surface area contributed by atoms with E-state index in [9.17, 15) is 4.79 Å². The van der Waals surface area contributed by atoms with Crippen LogP contribution < -0.4 is 11.1 Å². The molecule has 0 unspecified atom stereocenters. The summed E-state index contributed by atoms with van der Waals surface area (Å²) in [6, 6.07) is 8.13. The first-order chi connectivity index (χ1) is 10.2. The molecule has 1 aromatic carbocycles. The number of nitrogens with two attached hydrogens (primary N) is 1. The van der Waals surface area contributed by atoms with Crippen LogP contribution in [0, 0.1) is 0 Å². The molecule has 4 N–H and O–H groups in total. The molecule has 0 bridgehead atoms. The third-order valence-corrected chi connectivity index (χ3v) is 2.64. The maximum Gasteiger partial charge on any atom is 0.277 e. The zero-order valence-electron chi connectivity index (χ0n) is 11.2. The summed E-state index contributed by atoms with van der Waals surface area (Å²) in [5.41, 5.74) is 6.45. The molecular formula is C13H14N4O4. The fourth-order valence-corrected chi connectivity index (χ4v) is 1.69. The third kappa shape index (κ3) is 3.37. The predicted octanol–water partition coefficient (Wildman–Crippen LogP) is 1.17. The maximum atomic E-state index is 12.1. The van der Waals surface area contributed by atoms with E-state index in [2.05, 4.69) is 15.6 Å². The Balaban J connectivity index is 2.19. The van der Waals surface area contributed by atoms with Crippen molar-refractivity contribution >= 4 is 17.4 Å². The number of methoxy groups -OCH3 is 1. The normalized spacial score (nSPS) is 11.4. The van der Waals surface area contributed by atoms with Gasteiger partial charge in [-0.15, -0.1) is 0 Å². The highest BCUT2D eigenvalue weighted by Crippen LogP contribution is 2.16. The van der Waals surface area contributed by atoms with Gasteiger partial charge in [-0.05, 0) is 12.1 Å². The lowest BCUT2D eigenvalue weighted by atomic mass is 10.1. The number of rotatable bonds is 5. The van der Waals surface area contributed by atoms with E-state index in [4.69, 9.17) is 20.2 Å². The van der Waals surface area contributed by atoms with Gasteiger partial charge in [0, 0.05) is 18.7 Å².